The smallest absolute Gasteiger partial charge is 0.375 e. The van der Waals surface area contributed by atoms with Crippen molar-refractivity contribution in [1.29, 1.82) is 0 Å². The Kier molecular flexibility index (Phi) is 8.94. The number of hydrogen-bond donors (Lipinski definition) is 0. The van der Waals surface area contributed by atoms with Gasteiger partial charge in [0.25, 0.3) is 0 Å². The molecule has 10 aromatic rings. The molecule has 69 heavy (non-hydrogen) atoms. The van der Waals surface area contributed by atoms with Gasteiger partial charge in [-0.3, -0.25) is 0 Å². The van der Waals surface area contributed by atoms with E-state index in [-0.39, 0.29) is 33.9 Å². The van der Waals surface area contributed by atoms with E-state index >= 15 is 0 Å². The molecule has 0 saturated heterocycles. The second kappa shape index (κ2) is 14.1. The molecule has 0 fully saturated rings. The van der Waals surface area contributed by atoms with Crippen molar-refractivity contribution < 1.29 is 4.42 Å². The van der Waals surface area contributed by atoms with E-state index in [0.717, 1.165) is 28.3 Å². The van der Waals surface area contributed by atoms with Crippen LogP contribution in [0.2, 0.25) is 0 Å². The lowest BCUT2D eigenvalue weighted by Gasteiger charge is -2.39. The number of benzene rings is 7. The zero-order valence-electron chi connectivity index (χ0n) is 43.5. The molecule has 0 aliphatic carbocycles. The van der Waals surface area contributed by atoms with E-state index in [1.165, 1.54) is 99.1 Å². The minimum absolute atomic E-state index is 0.0124. The van der Waals surface area contributed by atoms with Gasteiger partial charge in [0.2, 0.25) is 0 Å². The Hall–Kier alpha value is -6.46. The van der Waals surface area contributed by atoms with E-state index in [2.05, 4.69) is 245 Å². The molecule has 346 valence electrons. The molecule has 2 aliphatic heterocycles. The summed E-state index contributed by atoms with van der Waals surface area (Å²) in [5.41, 5.74) is 21.5. The molecular formula is C64H66BN3O. The van der Waals surface area contributed by atoms with Crippen LogP contribution < -0.4 is 16.0 Å². The van der Waals surface area contributed by atoms with Gasteiger partial charge in [-0.2, -0.15) is 0 Å². The fourth-order valence-corrected chi connectivity index (χ4v) is 11.7. The summed E-state index contributed by atoms with van der Waals surface area (Å²) in [6, 6.07) is 49.2. The van der Waals surface area contributed by atoms with Crippen LogP contribution in [0.5, 0.6) is 0 Å². The molecule has 0 N–H and O–H groups in total. The molecule has 0 bridgehead atoms. The third-order valence-corrected chi connectivity index (χ3v) is 15.6. The number of fused-ring (bicyclic) bond motifs is 13. The van der Waals surface area contributed by atoms with E-state index in [4.69, 9.17) is 4.42 Å². The van der Waals surface area contributed by atoms with E-state index in [1.54, 1.807) is 0 Å². The van der Waals surface area contributed by atoms with E-state index in [1.807, 2.05) is 0 Å². The highest BCUT2D eigenvalue weighted by molar-refractivity contribution is 6.89. The van der Waals surface area contributed by atoms with E-state index in [9.17, 15) is 0 Å². The van der Waals surface area contributed by atoms with Crippen LogP contribution in [0.3, 0.4) is 0 Å². The fourth-order valence-electron chi connectivity index (χ4n) is 11.7. The summed E-state index contributed by atoms with van der Waals surface area (Å²) in [6.07, 6.45) is 0. The Morgan fingerprint density at radius 3 is 1.70 bits per heavy atom. The van der Waals surface area contributed by atoms with Crippen molar-refractivity contribution in [3.8, 4) is 16.8 Å². The lowest BCUT2D eigenvalue weighted by atomic mass is 9.47. The summed E-state index contributed by atoms with van der Waals surface area (Å²) in [4.78, 5) is 2.59. The molecule has 0 atom stereocenters. The van der Waals surface area contributed by atoms with Crippen molar-refractivity contribution in [1.82, 2.24) is 9.05 Å². The average molecular weight is 904 g/mol. The molecule has 0 amide bonds. The van der Waals surface area contributed by atoms with Crippen LogP contribution in [-0.4, -0.2) is 15.9 Å². The summed E-state index contributed by atoms with van der Waals surface area (Å²) >= 11 is 0. The number of aromatic nitrogens is 2. The molecule has 5 heteroatoms. The van der Waals surface area contributed by atoms with Crippen molar-refractivity contribution in [2.45, 2.75) is 131 Å². The Labute approximate surface area is 409 Å². The standard InChI is InChI=1S/C64H66BN3O/c1-60(2,3)37-25-28-42(29-26-37)67-52-35-40(63(10,11)12)32-44-45-36-51-53(43-23-19-20-24-49(43)66(51)41-21-17-16-18-22-41)54-46-31-38(61(4,5)6)27-30-50(46)68(56(45)54)65(55(44)52)59-57(67)47-33-39(62(7,8)9)34-48(58(47)69-59)64(13,14)15/h16-36H,1-15H3. The van der Waals surface area contributed by atoms with Crippen molar-refractivity contribution in [3.63, 3.8) is 0 Å². The molecular weight excluding hydrogens is 838 g/mol. The maximum absolute atomic E-state index is 7.79. The Balaban J connectivity index is 1.33. The van der Waals surface area contributed by atoms with Crippen molar-refractivity contribution in [2.75, 3.05) is 4.90 Å². The molecule has 0 saturated carbocycles. The highest BCUT2D eigenvalue weighted by atomic mass is 16.3. The summed E-state index contributed by atoms with van der Waals surface area (Å²) in [6.45, 7) is 34.8. The number of rotatable bonds is 2. The Morgan fingerprint density at radius 2 is 1.04 bits per heavy atom. The van der Waals surface area contributed by atoms with Gasteiger partial charge in [0.15, 0.2) is 0 Å². The van der Waals surface area contributed by atoms with Gasteiger partial charge in [0, 0.05) is 66.2 Å². The average Bonchev–Trinajstić information content (AvgIpc) is 3.94. The van der Waals surface area contributed by atoms with Gasteiger partial charge in [-0.25, -0.2) is 0 Å². The van der Waals surface area contributed by atoms with Gasteiger partial charge in [0.05, 0.1) is 16.7 Å². The van der Waals surface area contributed by atoms with E-state index in [0.29, 0.717) is 0 Å². The third kappa shape index (κ3) is 6.34. The van der Waals surface area contributed by atoms with Crippen molar-refractivity contribution in [2.24, 2.45) is 0 Å². The Morgan fingerprint density at radius 1 is 0.435 bits per heavy atom. The zero-order valence-corrected chi connectivity index (χ0v) is 43.5. The monoisotopic (exact) mass is 904 g/mol. The van der Waals surface area contributed by atoms with Crippen LogP contribution in [-0.2, 0) is 27.1 Å². The third-order valence-electron chi connectivity index (χ3n) is 15.6. The lowest BCUT2D eigenvalue weighted by Crippen LogP contribution is -2.56. The van der Waals surface area contributed by atoms with Gasteiger partial charge >= 0.3 is 6.85 Å². The van der Waals surface area contributed by atoms with Crippen LogP contribution in [0.25, 0.3) is 71.4 Å². The first-order chi connectivity index (χ1) is 32.4. The van der Waals surface area contributed by atoms with Gasteiger partial charge in [0.1, 0.15) is 11.2 Å². The van der Waals surface area contributed by atoms with Crippen LogP contribution in [0.1, 0.15) is 132 Å². The number of hydrogen-bond acceptors (Lipinski definition) is 2. The van der Waals surface area contributed by atoms with Crippen molar-refractivity contribution >= 4 is 89.6 Å². The first-order valence-corrected chi connectivity index (χ1v) is 25.2. The highest BCUT2D eigenvalue weighted by Crippen LogP contribution is 2.53. The minimum atomic E-state index is -0.240. The first kappa shape index (κ1) is 43.8. The quantitative estimate of drug-likeness (QED) is 0.162. The topological polar surface area (TPSA) is 26.2 Å². The van der Waals surface area contributed by atoms with Gasteiger partial charge in [-0.15, -0.1) is 0 Å². The molecule has 0 spiro atoms. The van der Waals surface area contributed by atoms with Gasteiger partial charge in [-0.05, 0) is 121 Å². The normalized spacial score (nSPS) is 14.2. The van der Waals surface area contributed by atoms with Crippen LogP contribution >= 0.6 is 0 Å². The molecule has 0 unspecified atom stereocenters. The van der Waals surface area contributed by atoms with Crippen LogP contribution in [0, 0.1) is 0 Å². The number of furan rings is 1. The molecule has 12 rings (SSSR count). The Bertz CT molecular complexity index is 3790. The first-order valence-electron chi connectivity index (χ1n) is 25.2. The van der Waals surface area contributed by atoms with Crippen molar-refractivity contribution in [3.05, 3.63) is 155 Å². The predicted octanol–water partition coefficient (Wildman–Crippen LogP) is 16.5. The number of anilines is 3. The predicted molar refractivity (Wildman–Crippen MR) is 298 cm³/mol. The molecule has 4 nitrogen and oxygen atoms in total. The SMILES string of the molecule is CC(C)(C)c1ccc(N2c3cc(C(C)(C)C)cc4c3B(c3oc5c(C(C)(C)C)cc(C(C)(C)C)cc5c32)n2c3ccc(C(C)(C)C)cc3c3c5c6ccccc6n(-c6ccccc6)c5cc-4c32)cc1. The number of nitrogens with zero attached hydrogens (tertiary/aromatic N) is 3. The lowest BCUT2D eigenvalue weighted by molar-refractivity contribution is 0.557. The minimum Gasteiger partial charge on any atom is -0.466 e. The highest BCUT2D eigenvalue weighted by Gasteiger charge is 2.48. The maximum Gasteiger partial charge on any atom is 0.375 e. The second-order valence-electron chi connectivity index (χ2n) is 25.5. The van der Waals surface area contributed by atoms with Gasteiger partial charge in [-0.1, -0.05) is 171 Å². The summed E-state index contributed by atoms with van der Waals surface area (Å²) in [5, 5.41) is 6.33. The second-order valence-corrected chi connectivity index (χ2v) is 25.5. The largest absolute Gasteiger partial charge is 0.466 e. The molecule has 7 aromatic carbocycles. The van der Waals surface area contributed by atoms with Gasteiger partial charge < -0.3 is 18.4 Å². The number of para-hydroxylation sites is 2. The molecule has 0 radical (unpaired) electrons. The molecule has 5 heterocycles. The van der Waals surface area contributed by atoms with E-state index < -0.39 is 0 Å². The zero-order chi connectivity index (χ0) is 48.6. The summed E-state index contributed by atoms with van der Waals surface area (Å²) in [7, 11) is 0. The molecule has 2 aliphatic rings. The fraction of sp³-hybridized carbons (Fsp3) is 0.312. The summed E-state index contributed by atoms with van der Waals surface area (Å²) < 4.78 is 13.0. The maximum atomic E-state index is 7.79. The van der Waals surface area contributed by atoms with Crippen LogP contribution in [0.4, 0.5) is 17.1 Å². The summed E-state index contributed by atoms with van der Waals surface area (Å²) in [5.74, 6) is 0. The molecule has 3 aromatic heterocycles. The van der Waals surface area contributed by atoms with Crippen LogP contribution in [0.15, 0.2) is 132 Å².